The molecule has 90 valence electrons. The van der Waals surface area contributed by atoms with Gasteiger partial charge >= 0.3 is 0 Å². The topological polar surface area (TPSA) is 60.9 Å². The predicted octanol–water partition coefficient (Wildman–Crippen LogP) is 2.11. The minimum atomic E-state index is -0.352. The van der Waals surface area contributed by atoms with Crippen molar-refractivity contribution in [3.8, 4) is 5.75 Å². The van der Waals surface area contributed by atoms with Crippen LogP contribution in [-0.2, 0) is 6.54 Å². The molecule has 1 aromatic carbocycles. The summed E-state index contributed by atoms with van der Waals surface area (Å²) in [7, 11) is 0. The largest absolute Gasteiger partial charge is 0.508 e. The molecular formula is C12H14FN3O. The molecule has 0 aliphatic heterocycles. The number of nitrogens with zero attached hydrogens (tertiary/aromatic N) is 1. The van der Waals surface area contributed by atoms with E-state index in [1.165, 1.54) is 18.2 Å². The number of phenols is 1. The van der Waals surface area contributed by atoms with Crippen LogP contribution in [0.25, 0.3) is 0 Å². The molecule has 3 N–H and O–H groups in total. The van der Waals surface area contributed by atoms with E-state index in [1.807, 2.05) is 6.92 Å². The van der Waals surface area contributed by atoms with Gasteiger partial charge in [-0.1, -0.05) is 0 Å². The van der Waals surface area contributed by atoms with Gasteiger partial charge in [-0.05, 0) is 25.1 Å². The Bertz CT molecular complexity index is 485. The lowest BCUT2D eigenvalue weighted by molar-refractivity contribution is 0.449. The summed E-state index contributed by atoms with van der Waals surface area (Å²) in [5.41, 5.74) is 1.56. The molecule has 0 bridgehead atoms. The Morgan fingerprint density at radius 2 is 2.35 bits per heavy atom. The number of rotatable bonds is 4. The number of halogens is 1. The van der Waals surface area contributed by atoms with Gasteiger partial charge in [-0.2, -0.15) is 5.10 Å². The van der Waals surface area contributed by atoms with E-state index in [0.717, 1.165) is 5.56 Å². The fourth-order valence-electron chi connectivity index (χ4n) is 1.63. The Morgan fingerprint density at radius 1 is 1.53 bits per heavy atom. The van der Waals surface area contributed by atoms with Gasteiger partial charge in [-0.15, -0.1) is 0 Å². The van der Waals surface area contributed by atoms with Crippen molar-refractivity contribution in [3.05, 3.63) is 47.5 Å². The normalized spacial score (nSPS) is 12.6. The van der Waals surface area contributed by atoms with Crippen LogP contribution in [0.1, 0.15) is 24.1 Å². The first-order chi connectivity index (χ1) is 8.16. The third-order valence-electron chi connectivity index (χ3n) is 2.62. The zero-order valence-electron chi connectivity index (χ0n) is 9.44. The van der Waals surface area contributed by atoms with Crippen molar-refractivity contribution in [2.45, 2.75) is 19.5 Å². The molecule has 5 heteroatoms. The van der Waals surface area contributed by atoms with Crippen molar-refractivity contribution in [1.29, 1.82) is 0 Å². The van der Waals surface area contributed by atoms with Crippen LogP contribution in [0.15, 0.2) is 30.6 Å². The second kappa shape index (κ2) is 4.97. The monoisotopic (exact) mass is 235 g/mol. The van der Waals surface area contributed by atoms with Gasteiger partial charge in [0, 0.05) is 29.9 Å². The van der Waals surface area contributed by atoms with E-state index in [9.17, 15) is 9.50 Å². The van der Waals surface area contributed by atoms with Crippen molar-refractivity contribution in [2.75, 3.05) is 0 Å². The van der Waals surface area contributed by atoms with E-state index in [4.69, 9.17) is 0 Å². The molecule has 0 fully saturated rings. The van der Waals surface area contributed by atoms with Crippen molar-refractivity contribution in [3.63, 3.8) is 0 Å². The SMILES string of the molecule is CC(NCc1cn[nH]c1)c1cc(F)ccc1O. The Morgan fingerprint density at radius 3 is 3.06 bits per heavy atom. The average Bonchev–Trinajstić information content (AvgIpc) is 2.82. The van der Waals surface area contributed by atoms with Crippen LogP contribution in [0.2, 0.25) is 0 Å². The highest BCUT2D eigenvalue weighted by atomic mass is 19.1. The minimum absolute atomic E-state index is 0.0959. The molecular weight excluding hydrogens is 221 g/mol. The zero-order valence-corrected chi connectivity index (χ0v) is 9.44. The molecule has 4 nitrogen and oxygen atoms in total. The summed E-state index contributed by atoms with van der Waals surface area (Å²) in [4.78, 5) is 0. The molecule has 17 heavy (non-hydrogen) atoms. The number of hydrogen-bond acceptors (Lipinski definition) is 3. The summed E-state index contributed by atoms with van der Waals surface area (Å²) in [5, 5.41) is 19.4. The molecule has 0 saturated carbocycles. The highest BCUT2D eigenvalue weighted by Gasteiger charge is 2.11. The molecule has 0 aliphatic carbocycles. The maximum Gasteiger partial charge on any atom is 0.123 e. The molecule has 0 aliphatic rings. The molecule has 0 saturated heterocycles. The van der Waals surface area contributed by atoms with Gasteiger partial charge in [0.25, 0.3) is 0 Å². The lowest BCUT2D eigenvalue weighted by atomic mass is 10.1. The first-order valence-corrected chi connectivity index (χ1v) is 5.36. The Labute approximate surface area is 98.5 Å². The fraction of sp³-hybridized carbons (Fsp3) is 0.250. The molecule has 1 atom stereocenters. The van der Waals surface area contributed by atoms with Crippen molar-refractivity contribution in [1.82, 2.24) is 15.5 Å². The van der Waals surface area contributed by atoms with Gasteiger partial charge in [0.1, 0.15) is 11.6 Å². The van der Waals surface area contributed by atoms with Gasteiger partial charge in [0.05, 0.1) is 6.20 Å². The number of aromatic nitrogens is 2. The molecule has 1 unspecified atom stereocenters. The molecule has 0 amide bonds. The number of phenolic OH excluding ortho intramolecular Hbond substituents is 1. The van der Waals surface area contributed by atoms with Crippen LogP contribution in [0.4, 0.5) is 4.39 Å². The average molecular weight is 235 g/mol. The zero-order chi connectivity index (χ0) is 12.3. The minimum Gasteiger partial charge on any atom is -0.508 e. The predicted molar refractivity (Wildman–Crippen MR) is 61.9 cm³/mol. The second-order valence-electron chi connectivity index (χ2n) is 3.91. The highest BCUT2D eigenvalue weighted by molar-refractivity contribution is 5.34. The first-order valence-electron chi connectivity index (χ1n) is 5.36. The van der Waals surface area contributed by atoms with Crippen LogP contribution in [0.5, 0.6) is 5.75 Å². The number of H-pyrrole nitrogens is 1. The van der Waals surface area contributed by atoms with E-state index in [0.29, 0.717) is 12.1 Å². The van der Waals surface area contributed by atoms with Crippen LogP contribution >= 0.6 is 0 Å². The molecule has 0 radical (unpaired) electrons. The van der Waals surface area contributed by atoms with Crippen LogP contribution in [-0.4, -0.2) is 15.3 Å². The van der Waals surface area contributed by atoms with Crippen molar-refractivity contribution in [2.24, 2.45) is 0 Å². The summed E-state index contributed by atoms with van der Waals surface area (Å²) in [6, 6.07) is 3.80. The lowest BCUT2D eigenvalue weighted by Gasteiger charge is -2.15. The van der Waals surface area contributed by atoms with Crippen molar-refractivity contribution >= 4 is 0 Å². The van der Waals surface area contributed by atoms with Crippen LogP contribution in [0.3, 0.4) is 0 Å². The van der Waals surface area contributed by atoms with Gasteiger partial charge in [0.2, 0.25) is 0 Å². The van der Waals surface area contributed by atoms with E-state index in [-0.39, 0.29) is 17.6 Å². The summed E-state index contributed by atoms with van der Waals surface area (Å²) >= 11 is 0. The van der Waals surface area contributed by atoms with Crippen molar-refractivity contribution < 1.29 is 9.50 Å². The number of benzene rings is 1. The summed E-state index contributed by atoms with van der Waals surface area (Å²) in [6.07, 6.45) is 3.50. The van der Waals surface area contributed by atoms with Gasteiger partial charge in [-0.25, -0.2) is 4.39 Å². The third-order valence-corrected chi connectivity index (χ3v) is 2.62. The summed E-state index contributed by atoms with van der Waals surface area (Å²) in [5.74, 6) is -0.256. The van der Waals surface area contributed by atoms with Crippen LogP contribution < -0.4 is 5.32 Å². The number of aromatic amines is 1. The van der Waals surface area contributed by atoms with Gasteiger partial charge in [0.15, 0.2) is 0 Å². The number of hydrogen-bond donors (Lipinski definition) is 3. The van der Waals surface area contributed by atoms with E-state index in [2.05, 4.69) is 15.5 Å². The maximum atomic E-state index is 13.1. The van der Waals surface area contributed by atoms with Gasteiger partial charge in [-0.3, -0.25) is 5.10 Å². The quantitative estimate of drug-likeness (QED) is 0.760. The first kappa shape index (κ1) is 11.6. The highest BCUT2D eigenvalue weighted by Crippen LogP contribution is 2.24. The Hall–Kier alpha value is -1.88. The maximum absolute atomic E-state index is 13.1. The third kappa shape index (κ3) is 2.82. The summed E-state index contributed by atoms with van der Waals surface area (Å²) < 4.78 is 13.1. The molecule has 1 heterocycles. The van der Waals surface area contributed by atoms with E-state index >= 15 is 0 Å². The summed E-state index contributed by atoms with van der Waals surface area (Å²) in [6.45, 7) is 2.47. The standard InChI is InChI=1S/C12H14FN3O/c1-8(14-5-9-6-15-16-7-9)11-4-10(13)2-3-12(11)17/h2-4,6-8,14,17H,5H2,1H3,(H,15,16). The second-order valence-corrected chi connectivity index (χ2v) is 3.91. The Kier molecular flexibility index (Phi) is 3.39. The van der Waals surface area contributed by atoms with Crippen LogP contribution in [0, 0.1) is 5.82 Å². The lowest BCUT2D eigenvalue weighted by Crippen LogP contribution is -2.18. The Balaban J connectivity index is 2.04. The molecule has 2 aromatic rings. The smallest absolute Gasteiger partial charge is 0.123 e. The number of aromatic hydroxyl groups is 1. The van der Waals surface area contributed by atoms with E-state index in [1.54, 1.807) is 12.4 Å². The molecule has 0 spiro atoms. The van der Waals surface area contributed by atoms with E-state index < -0.39 is 0 Å². The molecule has 2 rings (SSSR count). The fourth-order valence-corrected chi connectivity index (χ4v) is 1.63. The molecule has 1 aromatic heterocycles. The number of nitrogens with one attached hydrogen (secondary N) is 2. The van der Waals surface area contributed by atoms with Gasteiger partial charge < -0.3 is 10.4 Å².